The molecule has 1 saturated carbocycles. The summed E-state index contributed by atoms with van der Waals surface area (Å²) in [7, 11) is 0. The summed E-state index contributed by atoms with van der Waals surface area (Å²) in [5.74, 6) is 2.57. The van der Waals surface area contributed by atoms with Crippen LogP contribution in [0.1, 0.15) is 30.0 Å². The van der Waals surface area contributed by atoms with Gasteiger partial charge in [0.1, 0.15) is 0 Å². The predicted molar refractivity (Wildman–Crippen MR) is 106 cm³/mol. The van der Waals surface area contributed by atoms with Crippen LogP contribution in [-0.2, 0) is 0 Å². The van der Waals surface area contributed by atoms with Gasteiger partial charge >= 0.3 is 0 Å². The zero-order chi connectivity index (χ0) is 17.4. The van der Waals surface area contributed by atoms with Gasteiger partial charge in [0.2, 0.25) is 5.95 Å². The third-order valence-corrected chi connectivity index (χ3v) is 5.56. The van der Waals surface area contributed by atoms with E-state index in [1.54, 1.807) is 6.20 Å². The van der Waals surface area contributed by atoms with E-state index < -0.39 is 0 Å². The first-order valence-electron chi connectivity index (χ1n) is 7.97. The summed E-state index contributed by atoms with van der Waals surface area (Å²) in [6.45, 7) is 2.04. The lowest BCUT2D eigenvalue weighted by molar-refractivity contribution is 0.966. The van der Waals surface area contributed by atoms with Gasteiger partial charge in [-0.05, 0) is 53.4 Å². The zero-order valence-electron chi connectivity index (χ0n) is 13.5. The van der Waals surface area contributed by atoms with Gasteiger partial charge in [0, 0.05) is 34.0 Å². The molecular formula is C17H16Br2N6. The molecule has 2 aromatic heterocycles. The monoisotopic (exact) mass is 462 g/mol. The van der Waals surface area contributed by atoms with Crippen LogP contribution < -0.4 is 10.6 Å². The van der Waals surface area contributed by atoms with Crippen molar-refractivity contribution in [2.75, 3.05) is 10.6 Å². The zero-order valence-corrected chi connectivity index (χ0v) is 16.6. The molecular weight excluding hydrogens is 448 g/mol. The van der Waals surface area contributed by atoms with Gasteiger partial charge in [0.25, 0.3) is 0 Å². The van der Waals surface area contributed by atoms with Crippen molar-refractivity contribution in [3.8, 4) is 0 Å². The Hall–Kier alpha value is -1.93. The average molecular weight is 464 g/mol. The van der Waals surface area contributed by atoms with Crippen molar-refractivity contribution < 1.29 is 0 Å². The number of rotatable bonds is 5. The van der Waals surface area contributed by atoms with Crippen LogP contribution in [0.3, 0.4) is 0 Å². The van der Waals surface area contributed by atoms with Crippen LogP contribution in [0.5, 0.6) is 0 Å². The minimum Gasteiger partial charge on any atom is -0.324 e. The first-order valence-corrected chi connectivity index (χ1v) is 9.56. The van der Waals surface area contributed by atoms with Crippen LogP contribution in [0.2, 0.25) is 0 Å². The highest BCUT2D eigenvalue weighted by Gasteiger charge is 2.25. The highest BCUT2D eigenvalue weighted by Crippen LogP contribution is 2.39. The second kappa shape index (κ2) is 6.76. The smallest absolute Gasteiger partial charge is 0.229 e. The van der Waals surface area contributed by atoms with E-state index in [1.165, 1.54) is 18.5 Å². The molecule has 128 valence electrons. The molecule has 0 atom stereocenters. The molecule has 1 aromatic carbocycles. The lowest BCUT2D eigenvalue weighted by Crippen LogP contribution is -2.02. The number of hydrogen-bond donors (Lipinski definition) is 3. The maximum absolute atomic E-state index is 4.55. The minimum absolute atomic E-state index is 0.518. The lowest BCUT2D eigenvalue weighted by atomic mass is 10.2. The van der Waals surface area contributed by atoms with Crippen LogP contribution >= 0.6 is 31.9 Å². The van der Waals surface area contributed by atoms with Crippen LogP contribution in [0.15, 0.2) is 39.4 Å². The number of anilines is 4. The molecule has 1 aliphatic rings. The molecule has 0 radical (unpaired) electrons. The number of nitrogens with one attached hydrogen (secondary N) is 3. The van der Waals surface area contributed by atoms with Gasteiger partial charge in [-0.2, -0.15) is 10.1 Å². The Kier molecular flexibility index (Phi) is 4.47. The minimum atomic E-state index is 0.518. The summed E-state index contributed by atoms with van der Waals surface area (Å²) < 4.78 is 1.82. The Labute approximate surface area is 162 Å². The van der Waals surface area contributed by atoms with Gasteiger partial charge < -0.3 is 10.6 Å². The van der Waals surface area contributed by atoms with Gasteiger partial charge in [-0.25, -0.2) is 4.98 Å². The van der Waals surface area contributed by atoms with E-state index in [0.717, 1.165) is 26.0 Å². The third-order valence-electron chi connectivity index (χ3n) is 4.12. The summed E-state index contributed by atoms with van der Waals surface area (Å²) in [5, 5.41) is 13.9. The van der Waals surface area contributed by atoms with Crippen LogP contribution in [0.25, 0.3) is 0 Å². The Morgan fingerprint density at radius 2 is 2.00 bits per heavy atom. The number of aromatic nitrogens is 4. The second-order valence-electron chi connectivity index (χ2n) is 6.04. The highest BCUT2D eigenvalue weighted by molar-refractivity contribution is 9.10. The molecule has 0 unspecified atom stereocenters. The maximum atomic E-state index is 4.55. The average Bonchev–Trinajstić information content (AvgIpc) is 3.35. The van der Waals surface area contributed by atoms with E-state index in [-0.39, 0.29) is 0 Å². The fourth-order valence-electron chi connectivity index (χ4n) is 2.50. The molecule has 0 spiro atoms. The van der Waals surface area contributed by atoms with Crippen molar-refractivity contribution in [3.05, 3.63) is 50.7 Å². The maximum Gasteiger partial charge on any atom is 0.229 e. The lowest BCUT2D eigenvalue weighted by Gasteiger charge is -2.11. The largest absolute Gasteiger partial charge is 0.324 e. The van der Waals surface area contributed by atoms with Crippen molar-refractivity contribution in [2.24, 2.45) is 0 Å². The van der Waals surface area contributed by atoms with E-state index in [0.29, 0.717) is 17.7 Å². The molecule has 4 rings (SSSR count). The fraction of sp³-hybridized carbons (Fsp3) is 0.235. The molecule has 0 saturated heterocycles. The normalized spacial score (nSPS) is 13.7. The standard InChI is InChI=1S/C17H16Br2N6/c1-9-11(18)3-2-4-13(9)21-17-20-8-12(19)16(23-17)22-15-7-14(24-25-15)10-5-6-10/h2-4,7-8,10H,5-6H2,1H3,(H3,20,21,22,23,24,25). The first kappa shape index (κ1) is 16.5. The van der Waals surface area contributed by atoms with Gasteiger partial charge in [0.15, 0.2) is 11.6 Å². The van der Waals surface area contributed by atoms with Gasteiger partial charge in [-0.1, -0.05) is 22.0 Å². The summed E-state index contributed by atoms with van der Waals surface area (Å²) in [5.41, 5.74) is 3.24. The molecule has 0 aliphatic heterocycles. The fourth-order valence-corrected chi connectivity index (χ4v) is 3.16. The van der Waals surface area contributed by atoms with Crippen molar-refractivity contribution in [1.82, 2.24) is 20.2 Å². The van der Waals surface area contributed by atoms with Gasteiger partial charge in [0.05, 0.1) is 4.47 Å². The van der Waals surface area contributed by atoms with E-state index in [4.69, 9.17) is 0 Å². The molecule has 8 heteroatoms. The topological polar surface area (TPSA) is 78.5 Å². The molecule has 0 bridgehead atoms. The molecule has 3 aromatic rings. The van der Waals surface area contributed by atoms with Crippen molar-refractivity contribution in [1.29, 1.82) is 0 Å². The van der Waals surface area contributed by atoms with E-state index >= 15 is 0 Å². The van der Waals surface area contributed by atoms with Crippen LogP contribution in [0.4, 0.5) is 23.3 Å². The Balaban J connectivity index is 1.56. The summed E-state index contributed by atoms with van der Waals surface area (Å²) >= 11 is 7.02. The highest BCUT2D eigenvalue weighted by atomic mass is 79.9. The number of aromatic amines is 1. The van der Waals surface area contributed by atoms with Crippen LogP contribution in [0, 0.1) is 6.92 Å². The predicted octanol–water partition coefficient (Wildman–Crippen LogP) is 5.40. The van der Waals surface area contributed by atoms with Gasteiger partial charge in [-0.15, -0.1) is 0 Å². The summed E-state index contributed by atoms with van der Waals surface area (Å²) in [6.07, 6.45) is 4.19. The molecule has 25 heavy (non-hydrogen) atoms. The quantitative estimate of drug-likeness (QED) is 0.472. The molecule has 6 nitrogen and oxygen atoms in total. The van der Waals surface area contributed by atoms with Crippen molar-refractivity contribution in [2.45, 2.75) is 25.7 Å². The van der Waals surface area contributed by atoms with E-state index in [9.17, 15) is 0 Å². The molecule has 3 N–H and O–H groups in total. The number of halogens is 2. The first-order chi connectivity index (χ1) is 12.1. The Morgan fingerprint density at radius 3 is 2.80 bits per heavy atom. The summed E-state index contributed by atoms with van der Waals surface area (Å²) in [4.78, 5) is 8.89. The molecule has 0 amide bonds. The number of benzene rings is 1. The SMILES string of the molecule is Cc1c(Br)cccc1Nc1ncc(Br)c(Nc2cc(C3CC3)[nH]n2)n1. The third kappa shape index (κ3) is 3.69. The van der Waals surface area contributed by atoms with Crippen molar-refractivity contribution >= 4 is 55.1 Å². The van der Waals surface area contributed by atoms with Crippen molar-refractivity contribution in [3.63, 3.8) is 0 Å². The van der Waals surface area contributed by atoms with E-state index in [1.807, 2.05) is 31.2 Å². The number of nitrogens with zero attached hydrogens (tertiary/aromatic N) is 3. The summed E-state index contributed by atoms with van der Waals surface area (Å²) in [6, 6.07) is 8.01. The van der Waals surface area contributed by atoms with E-state index in [2.05, 4.69) is 62.7 Å². The Bertz CT molecular complexity index is 919. The van der Waals surface area contributed by atoms with Gasteiger partial charge in [-0.3, -0.25) is 5.10 Å². The molecule has 1 aliphatic carbocycles. The number of H-pyrrole nitrogens is 1. The second-order valence-corrected chi connectivity index (χ2v) is 7.74. The van der Waals surface area contributed by atoms with Crippen LogP contribution in [-0.4, -0.2) is 20.2 Å². The number of hydrogen-bond acceptors (Lipinski definition) is 5. The molecule has 1 fully saturated rings. The Morgan fingerprint density at radius 1 is 1.16 bits per heavy atom. The molecule has 2 heterocycles.